The lowest BCUT2D eigenvalue weighted by atomic mass is 9.85. The van der Waals surface area contributed by atoms with Gasteiger partial charge >= 0.3 is 6.03 Å². The molecule has 2 amide bonds. The second kappa shape index (κ2) is 6.89. The van der Waals surface area contributed by atoms with Crippen LogP contribution in [-0.2, 0) is 4.74 Å². The zero-order valence-corrected chi connectivity index (χ0v) is 13.8. The molecular formula is C18H26N2O3. The minimum absolute atomic E-state index is 0.0100. The van der Waals surface area contributed by atoms with Gasteiger partial charge in [-0.05, 0) is 55.7 Å². The number of urea groups is 1. The van der Waals surface area contributed by atoms with Gasteiger partial charge in [0.1, 0.15) is 0 Å². The lowest BCUT2D eigenvalue weighted by Crippen LogP contribution is -2.46. The fraction of sp³-hybridized carbons (Fsp3) is 0.611. The van der Waals surface area contributed by atoms with Crippen LogP contribution in [0.3, 0.4) is 0 Å². The van der Waals surface area contributed by atoms with Gasteiger partial charge in [0.25, 0.3) is 0 Å². The minimum Gasteiger partial charge on any atom is -0.396 e. The number of amides is 2. The predicted molar refractivity (Wildman–Crippen MR) is 89.2 cm³/mol. The zero-order chi connectivity index (χ0) is 16.4. The summed E-state index contributed by atoms with van der Waals surface area (Å²) in [6.07, 6.45) is 3.47. The first-order valence-electron chi connectivity index (χ1n) is 8.43. The van der Waals surface area contributed by atoms with E-state index in [4.69, 9.17) is 4.74 Å². The van der Waals surface area contributed by atoms with Crippen molar-refractivity contribution in [2.75, 3.05) is 19.0 Å². The van der Waals surface area contributed by atoms with Crippen LogP contribution in [0.2, 0.25) is 0 Å². The minimum atomic E-state index is -0.191. The number of nitrogens with one attached hydrogen (secondary N) is 2. The van der Waals surface area contributed by atoms with E-state index < -0.39 is 0 Å². The first kappa shape index (κ1) is 16.3. The third-order valence-corrected chi connectivity index (χ3v) is 5.56. The van der Waals surface area contributed by atoms with Crippen molar-refractivity contribution in [2.45, 2.75) is 38.3 Å². The molecule has 1 aromatic carbocycles. The Balaban J connectivity index is 1.61. The Bertz CT molecular complexity index is 563. The molecule has 126 valence electrons. The topological polar surface area (TPSA) is 70.6 Å². The summed E-state index contributed by atoms with van der Waals surface area (Å²) in [6, 6.07) is 7.60. The standard InChI is InChI=1S/C18H26N2O3/c1-11(23-2)12-4-3-5-15(9-12)19-18(22)20-17-14-7-6-13(8-14)16(17)10-21/h3-5,9,11,13-14,16-17,21H,6-8,10H2,1-2H3,(H2,19,20,22)/t11-,13+,14+,16+,17+/m1/s1. The van der Waals surface area contributed by atoms with Gasteiger partial charge in [-0.2, -0.15) is 0 Å². The molecule has 2 fully saturated rings. The highest BCUT2D eigenvalue weighted by molar-refractivity contribution is 5.89. The molecule has 5 atom stereocenters. The maximum atomic E-state index is 12.3. The molecule has 3 rings (SSSR count). The molecule has 2 saturated carbocycles. The lowest BCUT2D eigenvalue weighted by Gasteiger charge is -2.30. The number of methoxy groups -OCH3 is 1. The van der Waals surface area contributed by atoms with E-state index in [2.05, 4.69) is 10.6 Å². The van der Waals surface area contributed by atoms with Crippen LogP contribution >= 0.6 is 0 Å². The fourth-order valence-electron chi connectivity index (χ4n) is 4.22. The molecule has 0 unspecified atom stereocenters. The molecular weight excluding hydrogens is 292 g/mol. The summed E-state index contributed by atoms with van der Waals surface area (Å²) in [7, 11) is 1.67. The highest BCUT2D eigenvalue weighted by Crippen LogP contribution is 2.48. The molecule has 3 N–H and O–H groups in total. The molecule has 5 heteroatoms. The predicted octanol–water partition coefficient (Wildman–Crippen LogP) is 2.92. The van der Waals surface area contributed by atoms with Crippen LogP contribution in [0, 0.1) is 17.8 Å². The molecule has 2 aliphatic carbocycles. The molecule has 0 radical (unpaired) electrons. The Hall–Kier alpha value is -1.59. The summed E-state index contributed by atoms with van der Waals surface area (Å²) in [5.74, 6) is 1.29. The van der Waals surface area contributed by atoms with Crippen molar-refractivity contribution in [3.63, 3.8) is 0 Å². The molecule has 2 aliphatic rings. The van der Waals surface area contributed by atoms with Crippen molar-refractivity contribution >= 4 is 11.7 Å². The van der Waals surface area contributed by atoms with Crippen LogP contribution in [0.25, 0.3) is 0 Å². The Morgan fingerprint density at radius 3 is 2.91 bits per heavy atom. The maximum Gasteiger partial charge on any atom is 0.319 e. The SMILES string of the molecule is CO[C@H](C)c1cccc(NC(=O)N[C@H]2[C@H]3CC[C@@H](C3)[C@@H]2CO)c1. The van der Waals surface area contributed by atoms with E-state index in [0.717, 1.165) is 24.1 Å². The number of carbonyl (C=O) groups is 1. The van der Waals surface area contributed by atoms with Crippen LogP contribution < -0.4 is 10.6 Å². The Labute approximate surface area is 137 Å². The number of hydrogen-bond donors (Lipinski definition) is 3. The number of aliphatic hydroxyl groups is 1. The van der Waals surface area contributed by atoms with Crippen LogP contribution in [-0.4, -0.2) is 30.9 Å². The Morgan fingerprint density at radius 2 is 2.17 bits per heavy atom. The molecule has 0 heterocycles. The van der Waals surface area contributed by atoms with Gasteiger partial charge in [0.2, 0.25) is 0 Å². The number of aliphatic hydroxyl groups excluding tert-OH is 1. The van der Waals surface area contributed by atoms with Crippen LogP contribution in [0.4, 0.5) is 10.5 Å². The average Bonchev–Trinajstić information content (AvgIpc) is 3.15. The van der Waals surface area contributed by atoms with Crippen molar-refractivity contribution in [1.82, 2.24) is 5.32 Å². The number of anilines is 1. The van der Waals surface area contributed by atoms with E-state index in [1.165, 1.54) is 6.42 Å². The van der Waals surface area contributed by atoms with E-state index in [9.17, 15) is 9.90 Å². The Kier molecular flexibility index (Phi) is 4.87. The highest BCUT2D eigenvalue weighted by Gasteiger charge is 2.47. The largest absolute Gasteiger partial charge is 0.396 e. The zero-order valence-electron chi connectivity index (χ0n) is 13.8. The number of ether oxygens (including phenoxy) is 1. The third-order valence-electron chi connectivity index (χ3n) is 5.56. The Morgan fingerprint density at radius 1 is 1.39 bits per heavy atom. The van der Waals surface area contributed by atoms with Crippen molar-refractivity contribution < 1.29 is 14.6 Å². The third kappa shape index (κ3) is 3.35. The van der Waals surface area contributed by atoms with Crippen LogP contribution in [0.5, 0.6) is 0 Å². The number of rotatable bonds is 5. The normalized spacial score (nSPS) is 30.2. The molecule has 2 bridgehead atoms. The van der Waals surface area contributed by atoms with Crippen molar-refractivity contribution in [1.29, 1.82) is 0 Å². The van der Waals surface area contributed by atoms with Crippen LogP contribution in [0.15, 0.2) is 24.3 Å². The van der Waals surface area contributed by atoms with Gasteiger partial charge in [-0.25, -0.2) is 4.79 Å². The van der Waals surface area contributed by atoms with E-state index in [-0.39, 0.29) is 30.7 Å². The molecule has 0 spiro atoms. The molecule has 1 aromatic rings. The summed E-state index contributed by atoms with van der Waals surface area (Å²) in [5, 5.41) is 15.6. The summed E-state index contributed by atoms with van der Waals surface area (Å²) < 4.78 is 5.31. The van der Waals surface area contributed by atoms with E-state index >= 15 is 0 Å². The van der Waals surface area contributed by atoms with E-state index in [0.29, 0.717) is 11.8 Å². The summed E-state index contributed by atoms with van der Waals surface area (Å²) >= 11 is 0. The van der Waals surface area contributed by atoms with Gasteiger partial charge < -0.3 is 20.5 Å². The van der Waals surface area contributed by atoms with Gasteiger partial charge in [0.15, 0.2) is 0 Å². The first-order valence-corrected chi connectivity index (χ1v) is 8.43. The van der Waals surface area contributed by atoms with Crippen molar-refractivity contribution in [3.05, 3.63) is 29.8 Å². The average molecular weight is 318 g/mol. The number of fused-ring (bicyclic) bond motifs is 2. The fourth-order valence-corrected chi connectivity index (χ4v) is 4.22. The van der Waals surface area contributed by atoms with Gasteiger partial charge in [-0.3, -0.25) is 0 Å². The highest BCUT2D eigenvalue weighted by atomic mass is 16.5. The van der Waals surface area contributed by atoms with Gasteiger partial charge in [0.05, 0.1) is 6.10 Å². The second-order valence-corrected chi connectivity index (χ2v) is 6.81. The van der Waals surface area contributed by atoms with Crippen LogP contribution in [0.1, 0.15) is 37.9 Å². The molecule has 23 heavy (non-hydrogen) atoms. The lowest BCUT2D eigenvalue weighted by molar-refractivity contribution is 0.119. The monoisotopic (exact) mass is 318 g/mol. The smallest absolute Gasteiger partial charge is 0.319 e. The van der Waals surface area contributed by atoms with Gasteiger partial charge in [-0.1, -0.05) is 12.1 Å². The maximum absolute atomic E-state index is 12.3. The van der Waals surface area contributed by atoms with Gasteiger partial charge in [-0.15, -0.1) is 0 Å². The summed E-state index contributed by atoms with van der Waals surface area (Å²) in [5.41, 5.74) is 1.78. The number of carbonyl (C=O) groups excluding carboxylic acids is 1. The molecule has 0 aliphatic heterocycles. The molecule has 0 aromatic heterocycles. The van der Waals surface area contributed by atoms with Gasteiger partial charge in [0, 0.05) is 31.4 Å². The van der Waals surface area contributed by atoms with Crippen molar-refractivity contribution in [3.8, 4) is 0 Å². The first-order chi connectivity index (χ1) is 11.1. The molecule has 0 saturated heterocycles. The number of benzene rings is 1. The summed E-state index contributed by atoms with van der Waals surface area (Å²) in [6.45, 7) is 2.13. The quantitative estimate of drug-likeness (QED) is 0.782. The van der Waals surface area contributed by atoms with E-state index in [1.54, 1.807) is 7.11 Å². The molecule has 5 nitrogen and oxygen atoms in total. The summed E-state index contributed by atoms with van der Waals surface area (Å²) in [4.78, 5) is 12.3. The van der Waals surface area contributed by atoms with E-state index in [1.807, 2.05) is 31.2 Å². The number of hydrogen-bond acceptors (Lipinski definition) is 3. The second-order valence-electron chi connectivity index (χ2n) is 6.81. The van der Waals surface area contributed by atoms with Crippen molar-refractivity contribution in [2.24, 2.45) is 17.8 Å².